The molecule has 0 spiro atoms. The highest BCUT2D eigenvalue weighted by Crippen LogP contribution is 2.23. The van der Waals surface area contributed by atoms with Gasteiger partial charge >= 0.3 is 12.3 Å². The van der Waals surface area contributed by atoms with E-state index in [1.54, 1.807) is 0 Å². The highest BCUT2D eigenvalue weighted by molar-refractivity contribution is 5.97. The second-order valence-corrected chi connectivity index (χ2v) is 5.80. The number of nitrogens with one attached hydrogen (secondary N) is 1. The number of non-ortho nitro benzene ring substituents is 1. The van der Waals surface area contributed by atoms with Crippen LogP contribution in [0.25, 0.3) is 0 Å². The molecule has 2 aromatic carbocycles. The van der Waals surface area contributed by atoms with E-state index in [1.165, 1.54) is 37.3 Å². The van der Waals surface area contributed by atoms with Crippen molar-refractivity contribution in [2.75, 3.05) is 0 Å². The Bertz CT molecular complexity index is 899. The summed E-state index contributed by atoms with van der Waals surface area (Å²) in [5, 5.41) is 13.1. The van der Waals surface area contributed by atoms with E-state index in [-0.39, 0.29) is 17.9 Å². The molecular weight excluding hydrogens is 397 g/mol. The first kappa shape index (κ1) is 21.7. The zero-order valence-electron chi connectivity index (χ0n) is 14.9. The van der Waals surface area contributed by atoms with E-state index in [4.69, 9.17) is 4.74 Å². The topological polar surface area (TPSA) is 108 Å². The van der Waals surface area contributed by atoms with E-state index in [9.17, 15) is 32.9 Å². The Balaban J connectivity index is 1.88. The Labute approximate surface area is 162 Å². The third kappa shape index (κ3) is 6.79. The Hall–Kier alpha value is -3.63. The molecule has 1 atom stereocenters. The fourth-order valence-corrected chi connectivity index (χ4v) is 2.17. The van der Waals surface area contributed by atoms with Crippen LogP contribution in [0.5, 0.6) is 5.75 Å². The van der Waals surface area contributed by atoms with Crippen molar-refractivity contribution in [2.45, 2.75) is 25.9 Å². The fraction of sp³-hybridized carbons (Fsp3) is 0.222. The average molecular weight is 412 g/mol. The minimum Gasteiger partial charge on any atom is -0.459 e. The summed E-state index contributed by atoms with van der Waals surface area (Å²) in [6, 6.07) is 8.65. The van der Waals surface area contributed by atoms with Gasteiger partial charge in [0, 0.05) is 17.7 Å². The number of nitro benzene ring substituents is 1. The maximum absolute atomic E-state index is 12.1. The van der Waals surface area contributed by atoms with Gasteiger partial charge < -0.3 is 14.8 Å². The normalized spacial score (nSPS) is 12.0. The molecule has 11 heteroatoms. The Morgan fingerprint density at radius 1 is 1.17 bits per heavy atom. The molecule has 0 saturated carbocycles. The first-order chi connectivity index (χ1) is 13.5. The summed E-state index contributed by atoms with van der Waals surface area (Å²) >= 11 is 0. The number of nitrogens with zero attached hydrogens (tertiary/aromatic N) is 1. The summed E-state index contributed by atoms with van der Waals surface area (Å²) < 4.78 is 45.1. The van der Waals surface area contributed by atoms with E-state index >= 15 is 0 Å². The lowest BCUT2D eigenvalue weighted by molar-refractivity contribution is -0.384. The smallest absolute Gasteiger partial charge is 0.459 e. The number of carbonyl (C=O) groups excluding carboxylic acids is 2. The van der Waals surface area contributed by atoms with Gasteiger partial charge in [0.1, 0.15) is 18.4 Å². The second kappa shape index (κ2) is 9.04. The molecule has 29 heavy (non-hydrogen) atoms. The zero-order chi connectivity index (χ0) is 21.6. The van der Waals surface area contributed by atoms with Gasteiger partial charge in [-0.15, -0.1) is 13.2 Å². The minimum absolute atomic E-state index is 0.000830. The van der Waals surface area contributed by atoms with Crippen molar-refractivity contribution in [3.05, 3.63) is 69.8 Å². The molecule has 0 saturated heterocycles. The van der Waals surface area contributed by atoms with Gasteiger partial charge in [0.15, 0.2) is 0 Å². The maximum Gasteiger partial charge on any atom is 0.573 e. The fourth-order valence-electron chi connectivity index (χ4n) is 2.17. The van der Waals surface area contributed by atoms with Crippen molar-refractivity contribution in [1.82, 2.24) is 5.32 Å². The van der Waals surface area contributed by atoms with Gasteiger partial charge in [-0.2, -0.15) is 0 Å². The van der Waals surface area contributed by atoms with Crippen LogP contribution in [0.2, 0.25) is 0 Å². The van der Waals surface area contributed by atoms with Crippen molar-refractivity contribution in [2.24, 2.45) is 0 Å². The number of hydrogen-bond donors (Lipinski definition) is 1. The Kier molecular flexibility index (Phi) is 6.75. The number of nitro groups is 1. The molecule has 8 nitrogen and oxygen atoms in total. The highest BCUT2D eigenvalue weighted by atomic mass is 19.4. The lowest BCUT2D eigenvalue weighted by Crippen LogP contribution is -2.39. The van der Waals surface area contributed by atoms with Crippen molar-refractivity contribution in [3.8, 4) is 5.75 Å². The van der Waals surface area contributed by atoms with Crippen LogP contribution in [-0.4, -0.2) is 29.2 Å². The predicted molar refractivity (Wildman–Crippen MR) is 92.9 cm³/mol. The van der Waals surface area contributed by atoms with Crippen molar-refractivity contribution >= 4 is 17.6 Å². The standard InChI is InChI=1S/C18H15F3N2O6/c1-11(22-16(24)13-3-2-4-14(9-13)23(26)27)17(25)28-10-12-5-7-15(8-6-12)29-18(19,20)21/h2-9,11H,10H2,1H3,(H,22,24)/t11-/m1/s1. The van der Waals surface area contributed by atoms with Gasteiger partial charge in [0.2, 0.25) is 0 Å². The largest absolute Gasteiger partial charge is 0.573 e. The summed E-state index contributed by atoms with van der Waals surface area (Å²) in [7, 11) is 0. The van der Waals surface area contributed by atoms with Gasteiger partial charge in [-0.05, 0) is 30.7 Å². The van der Waals surface area contributed by atoms with E-state index < -0.39 is 35.0 Å². The molecule has 1 N–H and O–H groups in total. The Morgan fingerprint density at radius 2 is 1.83 bits per heavy atom. The van der Waals surface area contributed by atoms with E-state index in [1.807, 2.05) is 0 Å². The first-order valence-corrected chi connectivity index (χ1v) is 8.12. The van der Waals surface area contributed by atoms with Crippen LogP contribution in [-0.2, 0) is 16.1 Å². The van der Waals surface area contributed by atoms with Gasteiger partial charge in [0.05, 0.1) is 4.92 Å². The molecule has 0 aliphatic carbocycles. The molecule has 0 aliphatic rings. The lowest BCUT2D eigenvalue weighted by atomic mass is 10.2. The molecule has 2 rings (SSSR count). The van der Waals surface area contributed by atoms with Crippen LogP contribution >= 0.6 is 0 Å². The summed E-state index contributed by atoms with van der Waals surface area (Å²) in [6.07, 6.45) is -4.80. The molecule has 1 amide bonds. The molecule has 0 radical (unpaired) electrons. The molecule has 0 aromatic heterocycles. The molecule has 0 fully saturated rings. The summed E-state index contributed by atoms with van der Waals surface area (Å²) in [5.74, 6) is -1.91. The molecule has 0 unspecified atom stereocenters. The molecule has 2 aromatic rings. The molecule has 154 valence electrons. The van der Waals surface area contributed by atoms with Crippen LogP contribution in [0.15, 0.2) is 48.5 Å². The van der Waals surface area contributed by atoms with E-state index in [0.29, 0.717) is 5.56 Å². The third-order valence-corrected chi connectivity index (χ3v) is 3.56. The van der Waals surface area contributed by atoms with Crippen LogP contribution in [0.4, 0.5) is 18.9 Å². The number of carbonyl (C=O) groups is 2. The van der Waals surface area contributed by atoms with Crippen LogP contribution in [0.1, 0.15) is 22.8 Å². The summed E-state index contributed by atoms with van der Waals surface area (Å²) in [5.41, 5.74) is 0.134. The maximum atomic E-state index is 12.1. The summed E-state index contributed by atoms with van der Waals surface area (Å²) in [4.78, 5) is 34.2. The number of rotatable bonds is 7. The quantitative estimate of drug-likeness (QED) is 0.425. The van der Waals surface area contributed by atoms with Gasteiger partial charge in [-0.1, -0.05) is 18.2 Å². The number of ether oxygens (including phenoxy) is 2. The van der Waals surface area contributed by atoms with Gasteiger partial charge in [-0.3, -0.25) is 14.9 Å². The van der Waals surface area contributed by atoms with E-state index in [0.717, 1.165) is 18.2 Å². The molecule has 0 heterocycles. The minimum atomic E-state index is -4.80. The number of esters is 1. The Morgan fingerprint density at radius 3 is 2.41 bits per heavy atom. The van der Waals surface area contributed by atoms with Crippen LogP contribution in [0.3, 0.4) is 0 Å². The monoisotopic (exact) mass is 412 g/mol. The van der Waals surface area contributed by atoms with Crippen LogP contribution < -0.4 is 10.1 Å². The molecule has 0 aliphatic heterocycles. The molecular formula is C18H15F3N2O6. The number of halogens is 3. The summed E-state index contributed by atoms with van der Waals surface area (Å²) in [6.45, 7) is 1.13. The number of hydrogen-bond acceptors (Lipinski definition) is 6. The number of benzene rings is 2. The molecule has 0 bridgehead atoms. The lowest BCUT2D eigenvalue weighted by Gasteiger charge is -2.14. The highest BCUT2D eigenvalue weighted by Gasteiger charge is 2.31. The zero-order valence-corrected chi connectivity index (χ0v) is 14.9. The SMILES string of the molecule is C[C@@H](NC(=O)c1cccc([N+](=O)[O-])c1)C(=O)OCc1ccc(OC(F)(F)F)cc1. The van der Waals surface area contributed by atoms with Crippen LogP contribution in [0, 0.1) is 10.1 Å². The van der Waals surface area contributed by atoms with Crippen molar-refractivity contribution in [1.29, 1.82) is 0 Å². The van der Waals surface area contributed by atoms with Crippen molar-refractivity contribution < 1.29 is 37.2 Å². The number of alkyl halides is 3. The van der Waals surface area contributed by atoms with Gasteiger partial charge in [-0.25, -0.2) is 4.79 Å². The number of amides is 1. The average Bonchev–Trinajstić information content (AvgIpc) is 2.66. The second-order valence-electron chi connectivity index (χ2n) is 5.80. The van der Waals surface area contributed by atoms with Crippen molar-refractivity contribution in [3.63, 3.8) is 0 Å². The first-order valence-electron chi connectivity index (χ1n) is 8.12. The predicted octanol–water partition coefficient (Wildman–Crippen LogP) is 3.36. The van der Waals surface area contributed by atoms with Gasteiger partial charge in [0.25, 0.3) is 11.6 Å². The third-order valence-electron chi connectivity index (χ3n) is 3.56. The van der Waals surface area contributed by atoms with E-state index in [2.05, 4.69) is 10.1 Å².